The molecule has 1 aromatic carbocycles. The van der Waals surface area contributed by atoms with Gasteiger partial charge in [0.2, 0.25) is 5.91 Å². The Bertz CT molecular complexity index is 977. The second kappa shape index (κ2) is 8.30. The minimum absolute atomic E-state index is 0.141. The van der Waals surface area contributed by atoms with Gasteiger partial charge in [0.15, 0.2) is 0 Å². The molecule has 1 atom stereocenters. The lowest BCUT2D eigenvalue weighted by Gasteiger charge is -2.34. The Morgan fingerprint density at radius 1 is 1.10 bits per heavy atom. The smallest absolute Gasteiger partial charge is 0.272 e. The van der Waals surface area contributed by atoms with E-state index in [1.807, 2.05) is 43.5 Å². The maximum absolute atomic E-state index is 13.1. The van der Waals surface area contributed by atoms with Gasteiger partial charge < -0.3 is 10.2 Å². The predicted octanol–water partition coefficient (Wildman–Crippen LogP) is 2.72. The lowest BCUT2D eigenvalue weighted by atomic mass is 10.0. The Balaban J connectivity index is 1.48. The zero-order chi connectivity index (χ0) is 20.2. The summed E-state index contributed by atoms with van der Waals surface area (Å²) in [6.45, 7) is 3.13. The van der Waals surface area contributed by atoms with Crippen LogP contribution in [-0.2, 0) is 11.3 Å². The molecule has 3 aromatic rings. The van der Waals surface area contributed by atoms with Gasteiger partial charge in [0.05, 0.1) is 5.69 Å². The van der Waals surface area contributed by atoms with Crippen molar-refractivity contribution in [3.8, 4) is 5.69 Å². The van der Waals surface area contributed by atoms with E-state index in [-0.39, 0.29) is 11.8 Å². The molecule has 8 heteroatoms. The number of likely N-dealkylation sites (tertiary alicyclic amines) is 1. The van der Waals surface area contributed by atoms with Gasteiger partial charge in [-0.15, -0.1) is 0 Å². The zero-order valence-corrected chi connectivity index (χ0v) is 16.4. The van der Waals surface area contributed by atoms with Crippen molar-refractivity contribution in [2.45, 2.75) is 38.8 Å². The van der Waals surface area contributed by atoms with Crippen LogP contribution < -0.4 is 5.32 Å². The molecule has 1 aliphatic rings. The third-order valence-electron chi connectivity index (χ3n) is 5.21. The van der Waals surface area contributed by atoms with Crippen LogP contribution in [0.4, 0.5) is 5.69 Å². The maximum Gasteiger partial charge on any atom is 0.272 e. The summed E-state index contributed by atoms with van der Waals surface area (Å²) in [5, 5.41) is 11.3. The second-order valence-corrected chi connectivity index (χ2v) is 7.03. The first-order valence-electron chi connectivity index (χ1n) is 9.91. The Kier molecular flexibility index (Phi) is 5.41. The minimum Gasteiger partial charge on any atom is -0.325 e. The quantitative estimate of drug-likeness (QED) is 0.723. The Labute approximate surface area is 169 Å². The van der Waals surface area contributed by atoms with Crippen LogP contribution in [0.3, 0.4) is 0 Å². The van der Waals surface area contributed by atoms with Crippen LogP contribution in [0, 0.1) is 0 Å². The van der Waals surface area contributed by atoms with E-state index in [9.17, 15) is 9.59 Å². The number of piperidine rings is 1. The summed E-state index contributed by atoms with van der Waals surface area (Å²) in [6.07, 6.45) is 7.68. The SMILES string of the molecule is CCn1nccc1C(=O)N1CCCC[C@H]1C(=O)Nc1ccc(-n2cccn2)cc1. The number of anilines is 1. The zero-order valence-electron chi connectivity index (χ0n) is 16.4. The Morgan fingerprint density at radius 3 is 2.66 bits per heavy atom. The van der Waals surface area contributed by atoms with E-state index in [0.29, 0.717) is 30.9 Å². The summed E-state index contributed by atoms with van der Waals surface area (Å²) in [4.78, 5) is 27.7. The van der Waals surface area contributed by atoms with Crippen LogP contribution in [0.25, 0.3) is 5.69 Å². The number of hydrogen-bond donors (Lipinski definition) is 1. The number of nitrogens with one attached hydrogen (secondary N) is 1. The van der Waals surface area contributed by atoms with E-state index in [4.69, 9.17) is 0 Å². The van der Waals surface area contributed by atoms with Crippen molar-refractivity contribution in [1.82, 2.24) is 24.5 Å². The first-order valence-corrected chi connectivity index (χ1v) is 9.91. The van der Waals surface area contributed by atoms with Crippen LogP contribution in [-0.4, -0.2) is 48.9 Å². The Hall–Kier alpha value is -3.42. The average Bonchev–Trinajstić information content (AvgIpc) is 3.45. The fourth-order valence-electron chi connectivity index (χ4n) is 3.71. The molecule has 4 rings (SSSR count). The van der Waals surface area contributed by atoms with Crippen LogP contribution in [0.15, 0.2) is 55.0 Å². The van der Waals surface area contributed by atoms with Crippen molar-refractivity contribution < 1.29 is 9.59 Å². The maximum atomic E-state index is 13.1. The van der Waals surface area contributed by atoms with Gasteiger partial charge in [0, 0.05) is 37.4 Å². The predicted molar refractivity (Wildman–Crippen MR) is 109 cm³/mol. The third-order valence-corrected chi connectivity index (χ3v) is 5.21. The number of amides is 2. The van der Waals surface area contributed by atoms with Crippen molar-refractivity contribution in [2.75, 3.05) is 11.9 Å². The molecule has 29 heavy (non-hydrogen) atoms. The van der Waals surface area contributed by atoms with E-state index in [1.165, 1.54) is 0 Å². The highest BCUT2D eigenvalue weighted by Crippen LogP contribution is 2.22. The van der Waals surface area contributed by atoms with Crippen LogP contribution in [0.1, 0.15) is 36.7 Å². The lowest BCUT2D eigenvalue weighted by molar-refractivity contribution is -0.121. The average molecular weight is 392 g/mol. The molecule has 0 spiro atoms. The fourth-order valence-corrected chi connectivity index (χ4v) is 3.71. The normalized spacial score (nSPS) is 16.6. The molecule has 0 aliphatic carbocycles. The van der Waals surface area contributed by atoms with Gasteiger partial charge in [0.1, 0.15) is 11.7 Å². The first-order chi connectivity index (χ1) is 14.2. The van der Waals surface area contributed by atoms with Gasteiger partial charge in [-0.25, -0.2) is 4.68 Å². The van der Waals surface area contributed by atoms with Gasteiger partial charge in [0.25, 0.3) is 5.91 Å². The van der Waals surface area contributed by atoms with E-state index >= 15 is 0 Å². The molecule has 2 aromatic heterocycles. The summed E-state index contributed by atoms with van der Waals surface area (Å²) in [7, 11) is 0. The first kappa shape index (κ1) is 18.9. The standard InChI is InChI=1S/C21H24N6O2/c1-2-26-19(11-13-23-26)21(29)25-14-4-3-6-18(25)20(28)24-16-7-9-17(10-8-16)27-15-5-12-22-27/h5,7-13,15,18H,2-4,6,14H2,1H3,(H,24,28)/t18-/m0/s1. The largest absolute Gasteiger partial charge is 0.325 e. The van der Waals surface area contributed by atoms with E-state index in [1.54, 1.807) is 32.7 Å². The molecule has 3 heterocycles. The van der Waals surface area contributed by atoms with Crippen LogP contribution in [0.5, 0.6) is 0 Å². The van der Waals surface area contributed by atoms with Gasteiger partial charge >= 0.3 is 0 Å². The second-order valence-electron chi connectivity index (χ2n) is 7.03. The summed E-state index contributed by atoms with van der Waals surface area (Å²) >= 11 is 0. The van der Waals surface area contributed by atoms with Crippen molar-refractivity contribution in [1.29, 1.82) is 0 Å². The van der Waals surface area contributed by atoms with Crippen LogP contribution >= 0.6 is 0 Å². The molecule has 1 fully saturated rings. The van der Waals surface area contributed by atoms with Crippen molar-refractivity contribution in [2.24, 2.45) is 0 Å². The van der Waals surface area contributed by atoms with Crippen molar-refractivity contribution >= 4 is 17.5 Å². The van der Waals surface area contributed by atoms with Crippen LogP contribution in [0.2, 0.25) is 0 Å². The molecule has 1 aliphatic heterocycles. The van der Waals surface area contributed by atoms with E-state index < -0.39 is 6.04 Å². The number of benzene rings is 1. The van der Waals surface area contributed by atoms with Crippen molar-refractivity contribution in [3.05, 3.63) is 60.7 Å². The molecule has 1 saturated heterocycles. The van der Waals surface area contributed by atoms with Gasteiger partial charge in [-0.1, -0.05) is 0 Å². The molecular formula is C21H24N6O2. The molecule has 0 saturated carbocycles. The number of hydrogen-bond acceptors (Lipinski definition) is 4. The highest BCUT2D eigenvalue weighted by Gasteiger charge is 2.33. The summed E-state index contributed by atoms with van der Waals surface area (Å²) in [6, 6.07) is 10.6. The number of aryl methyl sites for hydroxylation is 1. The molecular weight excluding hydrogens is 368 g/mol. The van der Waals surface area contributed by atoms with Gasteiger partial charge in [-0.05, 0) is 62.6 Å². The molecule has 150 valence electrons. The summed E-state index contributed by atoms with van der Waals surface area (Å²) < 4.78 is 3.42. The highest BCUT2D eigenvalue weighted by molar-refractivity contribution is 6.00. The topological polar surface area (TPSA) is 85.0 Å². The van der Waals surface area contributed by atoms with E-state index in [2.05, 4.69) is 15.5 Å². The Morgan fingerprint density at radius 2 is 1.93 bits per heavy atom. The van der Waals surface area contributed by atoms with Gasteiger partial charge in [-0.3, -0.25) is 14.3 Å². The lowest BCUT2D eigenvalue weighted by Crippen LogP contribution is -2.50. The molecule has 0 radical (unpaired) electrons. The van der Waals surface area contributed by atoms with Crippen molar-refractivity contribution in [3.63, 3.8) is 0 Å². The molecule has 1 N–H and O–H groups in total. The number of carbonyl (C=O) groups is 2. The molecule has 0 unspecified atom stereocenters. The summed E-state index contributed by atoms with van der Waals surface area (Å²) in [5.74, 6) is -0.300. The molecule has 8 nitrogen and oxygen atoms in total. The fraction of sp³-hybridized carbons (Fsp3) is 0.333. The number of aromatic nitrogens is 4. The number of rotatable bonds is 5. The highest BCUT2D eigenvalue weighted by atomic mass is 16.2. The summed E-state index contributed by atoms with van der Waals surface area (Å²) in [5.41, 5.74) is 2.13. The van der Waals surface area contributed by atoms with Gasteiger partial charge in [-0.2, -0.15) is 10.2 Å². The number of nitrogens with zero attached hydrogens (tertiary/aromatic N) is 5. The number of carbonyl (C=O) groups excluding carboxylic acids is 2. The monoisotopic (exact) mass is 392 g/mol. The molecule has 2 amide bonds. The minimum atomic E-state index is -0.484. The van der Waals surface area contributed by atoms with E-state index in [0.717, 1.165) is 18.5 Å². The third kappa shape index (κ3) is 3.91. The molecule has 0 bridgehead atoms.